The molecule has 0 saturated heterocycles. The van der Waals surface area contributed by atoms with E-state index in [4.69, 9.17) is 16.6 Å². The Bertz CT molecular complexity index is 518. The fourth-order valence-electron chi connectivity index (χ4n) is 3.01. The van der Waals surface area contributed by atoms with Gasteiger partial charge in [-0.1, -0.05) is 17.7 Å². The molecule has 0 bridgehead atoms. The summed E-state index contributed by atoms with van der Waals surface area (Å²) in [5.74, 6) is 1.90. The van der Waals surface area contributed by atoms with Crippen LogP contribution in [0.15, 0.2) is 23.3 Å². The van der Waals surface area contributed by atoms with Gasteiger partial charge >= 0.3 is 0 Å². The van der Waals surface area contributed by atoms with Crippen LogP contribution in [0.25, 0.3) is 0 Å². The number of guanidine groups is 1. The van der Waals surface area contributed by atoms with Gasteiger partial charge in [-0.2, -0.15) is 0 Å². The molecule has 0 atom stereocenters. The van der Waals surface area contributed by atoms with Crippen molar-refractivity contribution < 1.29 is 0 Å². The standard InChI is InChI=1S/C17H25ClN4/c1-2-19-16(22-12-17(8-9-17)14-4-5-14)20-10-7-13-3-6-15(18)21-11-13/h3,6,11,14H,2,4-5,7-10,12H2,1H3,(H2,19,20,22). The van der Waals surface area contributed by atoms with E-state index >= 15 is 0 Å². The number of aliphatic imine (C=N–C) groups is 1. The fourth-order valence-corrected chi connectivity index (χ4v) is 3.12. The topological polar surface area (TPSA) is 49.3 Å². The van der Waals surface area contributed by atoms with Crippen molar-refractivity contribution in [3.05, 3.63) is 29.0 Å². The highest BCUT2D eigenvalue weighted by atomic mass is 35.5. The van der Waals surface area contributed by atoms with Gasteiger partial charge in [0.25, 0.3) is 0 Å². The van der Waals surface area contributed by atoms with Crippen LogP contribution >= 0.6 is 11.6 Å². The van der Waals surface area contributed by atoms with Gasteiger partial charge in [0.2, 0.25) is 0 Å². The van der Waals surface area contributed by atoms with Gasteiger partial charge in [0.15, 0.2) is 5.96 Å². The lowest BCUT2D eigenvalue weighted by molar-refractivity contribution is 0.452. The number of hydrogen-bond donors (Lipinski definition) is 2. The van der Waals surface area contributed by atoms with E-state index in [0.29, 0.717) is 10.6 Å². The van der Waals surface area contributed by atoms with E-state index in [0.717, 1.165) is 37.9 Å². The maximum Gasteiger partial charge on any atom is 0.191 e. The van der Waals surface area contributed by atoms with Crippen LogP contribution in [-0.2, 0) is 6.42 Å². The molecular weight excluding hydrogens is 296 g/mol. The SMILES string of the molecule is CCNC(=NCC1(C2CC2)CC1)NCCc1ccc(Cl)nc1. The van der Waals surface area contributed by atoms with Crippen LogP contribution in [0.2, 0.25) is 5.15 Å². The molecule has 3 rings (SSSR count). The van der Waals surface area contributed by atoms with Crippen molar-refractivity contribution in [1.82, 2.24) is 15.6 Å². The molecule has 0 radical (unpaired) electrons. The fraction of sp³-hybridized carbons (Fsp3) is 0.647. The normalized spacial score (nSPS) is 19.8. The van der Waals surface area contributed by atoms with Crippen molar-refractivity contribution in [2.75, 3.05) is 19.6 Å². The molecule has 2 aliphatic carbocycles. The summed E-state index contributed by atoms with van der Waals surface area (Å²) in [6.45, 7) is 4.83. The lowest BCUT2D eigenvalue weighted by Gasteiger charge is -2.14. The lowest BCUT2D eigenvalue weighted by atomic mass is 10.0. The van der Waals surface area contributed by atoms with Crippen LogP contribution in [0.5, 0.6) is 0 Å². The quantitative estimate of drug-likeness (QED) is 0.461. The zero-order chi connectivity index (χ0) is 15.4. The van der Waals surface area contributed by atoms with Gasteiger partial charge in [-0.25, -0.2) is 4.98 Å². The molecular formula is C17H25ClN4. The lowest BCUT2D eigenvalue weighted by Crippen LogP contribution is -2.38. The van der Waals surface area contributed by atoms with Crippen LogP contribution in [0, 0.1) is 11.3 Å². The molecule has 2 fully saturated rings. The van der Waals surface area contributed by atoms with Crippen molar-refractivity contribution in [2.45, 2.75) is 39.0 Å². The third-order valence-electron chi connectivity index (χ3n) is 4.73. The third-order valence-corrected chi connectivity index (χ3v) is 4.95. The van der Waals surface area contributed by atoms with E-state index in [1.165, 1.54) is 31.2 Å². The number of pyridine rings is 1. The van der Waals surface area contributed by atoms with E-state index in [1.807, 2.05) is 18.3 Å². The Labute approximate surface area is 137 Å². The highest BCUT2D eigenvalue weighted by Gasteiger charge is 2.53. The average molecular weight is 321 g/mol. The number of nitrogens with one attached hydrogen (secondary N) is 2. The second-order valence-corrected chi connectivity index (χ2v) is 6.89. The second-order valence-electron chi connectivity index (χ2n) is 6.50. The van der Waals surface area contributed by atoms with Crippen LogP contribution in [0.3, 0.4) is 0 Å². The van der Waals surface area contributed by atoms with Crippen molar-refractivity contribution in [3.8, 4) is 0 Å². The molecule has 1 heterocycles. The first kappa shape index (κ1) is 15.6. The van der Waals surface area contributed by atoms with Crippen LogP contribution in [0.1, 0.15) is 38.2 Å². The number of hydrogen-bond acceptors (Lipinski definition) is 2. The van der Waals surface area contributed by atoms with Crippen LogP contribution < -0.4 is 10.6 Å². The molecule has 4 nitrogen and oxygen atoms in total. The minimum Gasteiger partial charge on any atom is -0.357 e. The Balaban J connectivity index is 1.47. The molecule has 0 amide bonds. The largest absolute Gasteiger partial charge is 0.357 e. The van der Waals surface area contributed by atoms with Gasteiger partial charge < -0.3 is 10.6 Å². The number of rotatable bonds is 7. The van der Waals surface area contributed by atoms with Gasteiger partial charge in [-0.3, -0.25) is 4.99 Å². The Hall–Kier alpha value is -1.29. The molecule has 2 saturated carbocycles. The molecule has 0 spiro atoms. The number of nitrogens with zero attached hydrogens (tertiary/aromatic N) is 2. The third kappa shape index (κ3) is 4.13. The van der Waals surface area contributed by atoms with Crippen molar-refractivity contribution in [3.63, 3.8) is 0 Å². The summed E-state index contributed by atoms with van der Waals surface area (Å²) >= 11 is 5.80. The van der Waals surface area contributed by atoms with E-state index in [1.54, 1.807) is 0 Å². The first-order valence-electron chi connectivity index (χ1n) is 8.34. The molecule has 2 aliphatic rings. The Morgan fingerprint density at radius 3 is 2.77 bits per heavy atom. The highest BCUT2D eigenvalue weighted by Crippen LogP contribution is 2.61. The Kier molecular flexibility index (Phi) is 4.87. The van der Waals surface area contributed by atoms with Gasteiger partial charge in [-0.05, 0) is 62.0 Å². The van der Waals surface area contributed by atoms with Crippen molar-refractivity contribution in [2.24, 2.45) is 16.3 Å². The van der Waals surface area contributed by atoms with Crippen molar-refractivity contribution >= 4 is 17.6 Å². The minimum absolute atomic E-state index is 0.543. The van der Waals surface area contributed by atoms with E-state index in [9.17, 15) is 0 Å². The summed E-state index contributed by atoms with van der Waals surface area (Å²) in [5.41, 5.74) is 1.74. The predicted molar refractivity (Wildman–Crippen MR) is 91.3 cm³/mol. The monoisotopic (exact) mass is 320 g/mol. The second kappa shape index (κ2) is 6.86. The summed E-state index contributed by atoms with van der Waals surface area (Å²) in [5, 5.41) is 7.30. The van der Waals surface area contributed by atoms with Gasteiger partial charge in [0, 0.05) is 25.8 Å². The zero-order valence-electron chi connectivity index (χ0n) is 13.2. The first-order valence-corrected chi connectivity index (χ1v) is 8.72. The molecule has 1 aromatic heterocycles. The first-order chi connectivity index (χ1) is 10.7. The van der Waals surface area contributed by atoms with Crippen LogP contribution in [-0.4, -0.2) is 30.6 Å². The van der Waals surface area contributed by atoms with Gasteiger partial charge in [0.05, 0.1) is 0 Å². The highest BCUT2D eigenvalue weighted by molar-refractivity contribution is 6.29. The van der Waals surface area contributed by atoms with E-state index in [-0.39, 0.29) is 0 Å². The summed E-state index contributed by atoms with van der Waals surface area (Å²) < 4.78 is 0. The Morgan fingerprint density at radius 1 is 1.36 bits per heavy atom. The maximum absolute atomic E-state index is 5.80. The summed E-state index contributed by atoms with van der Waals surface area (Å²) in [6.07, 6.45) is 8.34. The molecule has 120 valence electrons. The smallest absolute Gasteiger partial charge is 0.191 e. The van der Waals surface area contributed by atoms with E-state index < -0.39 is 0 Å². The van der Waals surface area contributed by atoms with Gasteiger partial charge in [0.1, 0.15) is 5.15 Å². The molecule has 1 aromatic rings. The molecule has 0 unspecified atom stereocenters. The van der Waals surface area contributed by atoms with E-state index in [2.05, 4.69) is 22.5 Å². The summed E-state index contributed by atoms with van der Waals surface area (Å²) in [6, 6.07) is 3.86. The molecule has 5 heteroatoms. The summed E-state index contributed by atoms with van der Waals surface area (Å²) in [7, 11) is 0. The maximum atomic E-state index is 5.80. The molecule has 0 aromatic carbocycles. The van der Waals surface area contributed by atoms with Crippen molar-refractivity contribution in [1.29, 1.82) is 0 Å². The van der Waals surface area contributed by atoms with Gasteiger partial charge in [-0.15, -0.1) is 0 Å². The molecule has 2 N–H and O–H groups in total. The average Bonchev–Trinajstić information content (AvgIpc) is 3.38. The molecule has 0 aliphatic heterocycles. The van der Waals surface area contributed by atoms with Crippen LogP contribution in [0.4, 0.5) is 0 Å². The predicted octanol–water partition coefficient (Wildman–Crippen LogP) is 3.02. The molecule has 22 heavy (non-hydrogen) atoms. The summed E-state index contributed by atoms with van der Waals surface area (Å²) in [4.78, 5) is 8.92. The minimum atomic E-state index is 0.543. The number of halogens is 1. The number of aromatic nitrogens is 1. The Morgan fingerprint density at radius 2 is 2.18 bits per heavy atom. The zero-order valence-corrected chi connectivity index (χ0v) is 14.0.